The number of nitrogens with zero attached hydrogens (tertiary/aromatic N) is 2. The Morgan fingerprint density at radius 2 is 2.28 bits per heavy atom. The summed E-state index contributed by atoms with van der Waals surface area (Å²) in [5.74, 6) is -0.232. The van der Waals surface area contributed by atoms with Gasteiger partial charge in [0.25, 0.3) is 0 Å². The topological polar surface area (TPSA) is 50.3 Å². The molecule has 1 aliphatic heterocycles. The van der Waals surface area contributed by atoms with Gasteiger partial charge in [-0.2, -0.15) is 0 Å². The average Bonchev–Trinajstić information content (AvgIpc) is 3.21. The zero-order valence-corrected chi connectivity index (χ0v) is 14.0. The van der Waals surface area contributed by atoms with Crippen molar-refractivity contribution < 1.29 is 13.9 Å². The highest BCUT2D eigenvalue weighted by atomic mass is 19.1. The summed E-state index contributed by atoms with van der Waals surface area (Å²) in [6.45, 7) is 1.63. The number of aromatic nitrogens is 2. The fraction of sp³-hybridized carbons (Fsp3) is 0.316. The van der Waals surface area contributed by atoms with Crippen molar-refractivity contribution in [3.63, 3.8) is 0 Å². The van der Waals surface area contributed by atoms with E-state index in [1.54, 1.807) is 12.3 Å². The quantitative estimate of drug-likeness (QED) is 0.796. The van der Waals surface area contributed by atoms with Crippen LogP contribution in [0.4, 0.5) is 4.39 Å². The summed E-state index contributed by atoms with van der Waals surface area (Å²) in [4.78, 5) is 17.9. The Labute approximate surface area is 145 Å². The molecule has 1 atom stereocenters. The Morgan fingerprint density at radius 3 is 3.08 bits per heavy atom. The number of morpholine rings is 1. The van der Waals surface area contributed by atoms with Gasteiger partial charge in [-0.3, -0.25) is 4.79 Å². The van der Waals surface area contributed by atoms with Crippen molar-refractivity contribution in [2.24, 2.45) is 7.05 Å². The summed E-state index contributed by atoms with van der Waals surface area (Å²) in [5, 5.41) is 0.887. The van der Waals surface area contributed by atoms with Gasteiger partial charge in [-0.1, -0.05) is 0 Å². The molecule has 1 aromatic carbocycles. The second-order valence-corrected chi connectivity index (χ2v) is 6.40. The van der Waals surface area contributed by atoms with Crippen molar-refractivity contribution in [3.8, 4) is 0 Å². The van der Waals surface area contributed by atoms with Gasteiger partial charge in [-0.15, -0.1) is 0 Å². The second kappa shape index (κ2) is 6.37. The van der Waals surface area contributed by atoms with Crippen molar-refractivity contribution in [1.29, 1.82) is 0 Å². The highest BCUT2D eigenvalue weighted by Gasteiger charge is 2.30. The summed E-state index contributed by atoms with van der Waals surface area (Å²) < 4.78 is 21.0. The van der Waals surface area contributed by atoms with E-state index in [0.29, 0.717) is 25.3 Å². The molecular formula is C19H20FN3O2. The molecule has 1 saturated heterocycles. The summed E-state index contributed by atoms with van der Waals surface area (Å²) in [5.41, 5.74) is 2.66. The fourth-order valence-electron chi connectivity index (χ4n) is 3.54. The van der Waals surface area contributed by atoms with Gasteiger partial charge in [0.15, 0.2) is 0 Å². The third-order valence-electron chi connectivity index (χ3n) is 4.85. The van der Waals surface area contributed by atoms with Gasteiger partial charge < -0.3 is 19.2 Å². The van der Waals surface area contributed by atoms with E-state index in [4.69, 9.17) is 4.74 Å². The van der Waals surface area contributed by atoms with Crippen LogP contribution in [0, 0.1) is 5.82 Å². The van der Waals surface area contributed by atoms with Gasteiger partial charge in [0.1, 0.15) is 5.82 Å². The highest BCUT2D eigenvalue weighted by molar-refractivity contribution is 5.89. The molecular weight excluding hydrogens is 321 g/mol. The first kappa shape index (κ1) is 15.9. The Kier molecular flexibility index (Phi) is 4.05. The van der Waals surface area contributed by atoms with Crippen LogP contribution in [-0.2, 0) is 23.0 Å². The number of nitrogens with one attached hydrogen (secondary N) is 1. The molecule has 3 heterocycles. The van der Waals surface area contributed by atoms with Crippen LogP contribution in [0.2, 0.25) is 0 Å². The van der Waals surface area contributed by atoms with Crippen LogP contribution in [-0.4, -0.2) is 40.1 Å². The number of carbonyl (C=O) groups excluding carboxylic acids is 1. The van der Waals surface area contributed by atoms with E-state index in [2.05, 4.69) is 4.98 Å². The zero-order chi connectivity index (χ0) is 17.4. The molecule has 0 saturated carbocycles. The molecule has 0 radical (unpaired) electrons. The molecule has 1 aliphatic rings. The van der Waals surface area contributed by atoms with E-state index in [1.807, 2.05) is 34.8 Å². The van der Waals surface area contributed by atoms with Crippen molar-refractivity contribution in [2.45, 2.75) is 12.5 Å². The van der Waals surface area contributed by atoms with Crippen molar-refractivity contribution in [3.05, 3.63) is 59.8 Å². The summed E-state index contributed by atoms with van der Waals surface area (Å²) >= 11 is 0. The molecule has 1 N–H and O–H groups in total. The van der Waals surface area contributed by atoms with Gasteiger partial charge in [0.05, 0.1) is 25.7 Å². The first-order valence-electron chi connectivity index (χ1n) is 8.37. The monoisotopic (exact) mass is 341 g/mol. The number of halogens is 1. The lowest BCUT2D eigenvalue weighted by Crippen LogP contribution is -2.44. The van der Waals surface area contributed by atoms with Crippen LogP contribution in [0.5, 0.6) is 0 Å². The smallest absolute Gasteiger partial charge is 0.227 e. The molecule has 0 bridgehead atoms. The van der Waals surface area contributed by atoms with Crippen LogP contribution in [0.25, 0.3) is 10.9 Å². The molecule has 1 unspecified atom stereocenters. The van der Waals surface area contributed by atoms with Gasteiger partial charge in [0, 0.05) is 42.6 Å². The number of amides is 1. The van der Waals surface area contributed by atoms with E-state index in [0.717, 1.165) is 16.6 Å². The van der Waals surface area contributed by atoms with Crippen molar-refractivity contribution >= 4 is 16.8 Å². The van der Waals surface area contributed by atoms with Gasteiger partial charge >= 0.3 is 0 Å². The largest absolute Gasteiger partial charge is 0.377 e. The minimum absolute atomic E-state index is 0.0553. The van der Waals surface area contributed by atoms with Gasteiger partial charge in [0.2, 0.25) is 5.91 Å². The molecule has 3 aromatic rings. The minimum atomic E-state index is -0.288. The minimum Gasteiger partial charge on any atom is -0.377 e. The number of aromatic amines is 1. The number of H-pyrrole nitrogens is 1. The molecule has 1 fully saturated rings. The predicted molar refractivity (Wildman–Crippen MR) is 92.6 cm³/mol. The molecule has 4 rings (SSSR count). The maximum Gasteiger partial charge on any atom is 0.227 e. The highest BCUT2D eigenvalue weighted by Crippen LogP contribution is 2.26. The Hall–Kier alpha value is -2.60. The third-order valence-corrected chi connectivity index (χ3v) is 4.85. The Morgan fingerprint density at radius 1 is 1.40 bits per heavy atom. The van der Waals surface area contributed by atoms with Gasteiger partial charge in [-0.05, 0) is 35.9 Å². The van der Waals surface area contributed by atoms with E-state index < -0.39 is 0 Å². The summed E-state index contributed by atoms with van der Waals surface area (Å²) in [6, 6.07) is 8.51. The molecule has 1 amide bonds. The first-order chi connectivity index (χ1) is 12.1. The van der Waals surface area contributed by atoms with Crippen LogP contribution in [0.15, 0.2) is 42.7 Å². The maximum atomic E-state index is 13.3. The summed E-state index contributed by atoms with van der Waals surface area (Å²) in [6.07, 6.45) is 4.05. The number of rotatable bonds is 3. The van der Waals surface area contributed by atoms with Crippen LogP contribution in [0.1, 0.15) is 17.3 Å². The molecule has 0 aliphatic carbocycles. The normalized spacial score (nSPS) is 18.0. The molecule has 25 heavy (non-hydrogen) atoms. The fourth-order valence-corrected chi connectivity index (χ4v) is 3.54. The maximum absolute atomic E-state index is 13.3. The van der Waals surface area contributed by atoms with Crippen LogP contribution in [0.3, 0.4) is 0 Å². The summed E-state index contributed by atoms with van der Waals surface area (Å²) in [7, 11) is 1.97. The van der Waals surface area contributed by atoms with Crippen LogP contribution >= 0.6 is 0 Å². The number of carbonyl (C=O) groups is 1. The predicted octanol–water partition coefficient (Wildman–Crippen LogP) is 2.79. The van der Waals surface area contributed by atoms with Crippen molar-refractivity contribution in [1.82, 2.24) is 14.5 Å². The molecule has 5 nitrogen and oxygen atoms in total. The lowest BCUT2D eigenvalue weighted by molar-refractivity contribution is -0.139. The Bertz CT molecular complexity index is 914. The van der Waals surface area contributed by atoms with Crippen molar-refractivity contribution in [2.75, 3.05) is 19.8 Å². The average molecular weight is 341 g/mol. The zero-order valence-electron chi connectivity index (χ0n) is 14.0. The standard InChI is InChI=1S/C19H20FN3O2/c1-22-6-2-3-17(22)18-12-25-8-7-23(18)19(24)9-13-11-21-16-10-14(20)4-5-15(13)16/h2-6,10-11,18,21H,7-9,12H2,1H3. The number of benzene rings is 1. The first-order valence-corrected chi connectivity index (χ1v) is 8.37. The number of ether oxygens (including phenoxy) is 1. The van der Waals surface area contributed by atoms with E-state index in [-0.39, 0.29) is 24.2 Å². The number of hydrogen-bond acceptors (Lipinski definition) is 2. The van der Waals surface area contributed by atoms with E-state index >= 15 is 0 Å². The molecule has 0 spiro atoms. The molecule has 6 heteroatoms. The third kappa shape index (κ3) is 2.93. The Balaban J connectivity index is 1.59. The lowest BCUT2D eigenvalue weighted by atomic mass is 10.1. The second-order valence-electron chi connectivity index (χ2n) is 6.40. The number of fused-ring (bicyclic) bond motifs is 1. The van der Waals surface area contributed by atoms with Crippen LogP contribution < -0.4 is 0 Å². The molecule has 2 aromatic heterocycles. The van der Waals surface area contributed by atoms with Gasteiger partial charge in [-0.25, -0.2) is 4.39 Å². The molecule has 130 valence electrons. The SMILES string of the molecule is Cn1cccc1C1COCCN1C(=O)Cc1c[nH]c2cc(F)ccc12. The number of aryl methyl sites for hydroxylation is 1. The number of hydrogen-bond donors (Lipinski definition) is 1. The van der Waals surface area contributed by atoms with E-state index in [9.17, 15) is 9.18 Å². The lowest BCUT2D eigenvalue weighted by Gasteiger charge is -2.36. The van der Waals surface area contributed by atoms with E-state index in [1.165, 1.54) is 12.1 Å².